The summed E-state index contributed by atoms with van der Waals surface area (Å²) >= 11 is 0. The van der Waals surface area contributed by atoms with Crippen molar-refractivity contribution in [1.29, 1.82) is 0 Å². The molecule has 0 aromatic rings. The van der Waals surface area contributed by atoms with E-state index in [9.17, 15) is 19.4 Å². The summed E-state index contributed by atoms with van der Waals surface area (Å²) in [6.45, 7) is 4.65. The molecule has 2 N–H and O–H groups in total. The van der Waals surface area contributed by atoms with Gasteiger partial charge in [-0.1, -0.05) is 314 Å². The summed E-state index contributed by atoms with van der Waals surface area (Å²) in [6.07, 6.45) is 75.6. The number of aliphatic hydroxyl groups is 1. The highest BCUT2D eigenvalue weighted by molar-refractivity contribution is 7.45. The van der Waals surface area contributed by atoms with Crippen LogP contribution in [0.4, 0.5) is 0 Å². The van der Waals surface area contributed by atoms with Gasteiger partial charge in [0.05, 0.1) is 39.9 Å². The number of amides is 1. The Bertz CT molecular complexity index is 1320. The van der Waals surface area contributed by atoms with Crippen LogP contribution >= 0.6 is 7.82 Å². The van der Waals surface area contributed by atoms with Crippen LogP contribution in [0, 0.1) is 0 Å². The van der Waals surface area contributed by atoms with Gasteiger partial charge in [-0.15, -0.1) is 0 Å². The lowest BCUT2D eigenvalue weighted by Gasteiger charge is -2.29. The minimum absolute atomic E-state index is 0.00741. The molecule has 0 aliphatic carbocycles. The lowest BCUT2D eigenvalue weighted by atomic mass is 10.0. The first kappa shape index (κ1) is 73.7. The molecule has 0 fully saturated rings. The zero-order valence-corrected chi connectivity index (χ0v) is 51.7. The Morgan fingerprint density at radius 2 is 0.747 bits per heavy atom. The largest absolute Gasteiger partial charge is 0.756 e. The van der Waals surface area contributed by atoms with Crippen molar-refractivity contribution in [1.82, 2.24) is 5.32 Å². The Morgan fingerprint density at radius 1 is 0.453 bits per heavy atom. The molecule has 3 atom stereocenters. The number of phosphoric ester groups is 1. The Kier molecular flexibility index (Phi) is 56.4. The first-order valence-electron chi connectivity index (χ1n) is 32.9. The summed E-state index contributed by atoms with van der Waals surface area (Å²) in [6, 6.07) is -0.908. The maximum Gasteiger partial charge on any atom is 0.268 e. The zero-order valence-electron chi connectivity index (χ0n) is 50.8. The quantitative estimate of drug-likeness (QED) is 0.0272. The van der Waals surface area contributed by atoms with E-state index >= 15 is 0 Å². The van der Waals surface area contributed by atoms with Crippen LogP contribution < -0.4 is 10.2 Å². The highest BCUT2D eigenvalue weighted by Gasteiger charge is 2.23. The van der Waals surface area contributed by atoms with Crippen LogP contribution in [0.25, 0.3) is 0 Å². The molecular weight excluding hydrogens is 948 g/mol. The number of aliphatic hydroxyl groups excluding tert-OH is 1. The number of likely N-dealkylation sites (N-methyl/N-ethyl adjacent to an activating group) is 1. The highest BCUT2D eigenvalue weighted by Crippen LogP contribution is 2.38. The van der Waals surface area contributed by atoms with Gasteiger partial charge in [0.25, 0.3) is 7.82 Å². The van der Waals surface area contributed by atoms with E-state index in [2.05, 4.69) is 43.5 Å². The molecule has 0 aliphatic heterocycles. The summed E-state index contributed by atoms with van der Waals surface area (Å²) in [7, 11) is 1.25. The molecule has 0 saturated heterocycles. The molecule has 3 unspecified atom stereocenters. The minimum atomic E-state index is -4.61. The monoisotopic (exact) mass is 1080 g/mol. The van der Waals surface area contributed by atoms with Crippen LogP contribution in [0.1, 0.15) is 328 Å². The number of hydrogen-bond acceptors (Lipinski definition) is 6. The third kappa shape index (κ3) is 60.2. The van der Waals surface area contributed by atoms with Crippen molar-refractivity contribution < 1.29 is 32.9 Å². The molecule has 0 aliphatic rings. The standard InChI is InChI=1S/C66H129N2O6P/c1-6-8-10-12-14-16-18-20-22-24-25-26-27-28-29-30-31-32-33-34-35-36-37-38-39-40-41-42-43-44-46-48-50-52-54-56-58-60-66(70)67-64(63-74-75(71,72)73-62-61-68(3,4)5)65(69)59-57-55-53-51-49-47-45-23-21-19-17-15-13-11-9-7-2/h21,23,49,51,57,59,64-65,69H,6-20,22,24-48,50,52-56,58,60-63H2,1-5H3,(H-,67,70,71,72)/b23-21+,51-49+,59-57+. The number of phosphoric acid groups is 1. The van der Waals surface area contributed by atoms with Gasteiger partial charge in [-0.3, -0.25) is 9.36 Å². The maximum atomic E-state index is 13.0. The number of quaternary nitrogens is 1. The van der Waals surface area contributed by atoms with Crippen LogP contribution in [0.2, 0.25) is 0 Å². The van der Waals surface area contributed by atoms with Gasteiger partial charge in [0.15, 0.2) is 0 Å². The molecule has 0 saturated carbocycles. The molecule has 75 heavy (non-hydrogen) atoms. The fraction of sp³-hybridized carbons (Fsp3) is 0.894. The van der Waals surface area contributed by atoms with Gasteiger partial charge in [0.2, 0.25) is 5.91 Å². The molecule has 0 rings (SSSR count). The Hall–Kier alpha value is -1.28. The summed E-state index contributed by atoms with van der Waals surface area (Å²) in [5, 5.41) is 13.9. The molecule has 0 aromatic carbocycles. The average molecular weight is 1080 g/mol. The van der Waals surface area contributed by atoms with Crippen molar-refractivity contribution in [3.8, 4) is 0 Å². The molecule has 9 heteroatoms. The van der Waals surface area contributed by atoms with E-state index in [1.54, 1.807) is 6.08 Å². The second-order valence-electron chi connectivity index (χ2n) is 23.8. The van der Waals surface area contributed by atoms with Gasteiger partial charge < -0.3 is 28.8 Å². The molecule has 444 valence electrons. The van der Waals surface area contributed by atoms with Crippen molar-refractivity contribution in [2.45, 2.75) is 341 Å². The molecule has 0 radical (unpaired) electrons. The smallest absolute Gasteiger partial charge is 0.268 e. The fourth-order valence-corrected chi connectivity index (χ4v) is 10.7. The summed E-state index contributed by atoms with van der Waals surface area (Å²) in [4.78, 5) is 25.5. The van der Waals surface area contributed by atoms with Crippen LogP contribution in [0.3, 0.4) is 0 Å². The van der Waals surface area contributed by atoms with E-state index in [0.29, 0.717) is 17.4 Å². The lowest BCUT2D eigenvalue weighted by Crippen LogP contribution is -2.45. The van der Waals surface area contributed by atoms with Crippen LogP contribution in [0.15, 0.2) is 36.5 Å². The normalized spacial score (nSPS) is 14.0. The first-order valence-corrected chi connectivity index (χ1v) is 34.3. The van der Waals surface area contributed by atoms with Crippen molar-refractivity contribution >= 4 is 13.7 Å². The lowest BCUT2D eigenvalue weighted by molar-refractivity contribution is -0.870. The number of allylic oxidation sites excluding steroid dienone is 5. The molecule has 0 heterocycles. The highest BCUT2D eigenvalue weighted by atomic mass is 31.2. The van der Waals surface area contributed by atoms with E-state index in [1.807, 2.05) is 27.2 Å². The maximum absolute atomic E-state index is 13.0. The van der Waals surface area contributed by atoms with Gasteiger partial charge in [-0.2, -0.15) is 0 Å². The average Bonchev–Trinajstić information content (AvgIpc) is 3.37. The molecule has 1 amide bonds. The topological polar surface area (TPSA) is 108 Å². The van der Waals surface area contributed by atoms with Gasteiger partial charge in [0.1, 0.15) is 13.2 Å². The number of hydrogen-bond donors (Lipinski definition) is 2. The Balaban J connectivity index is 3.94. The number of nitrogens with zero attached hydrogens (tertiary/aromatic N) is 1. The number of carbonyl (C=O) groups is 1. The molecule has 0 bridgehead atoms. The molecule has 0 aromatic heterocycles. The van der Waals surface area contributed by atoms with E-state index in [1.165, 1.54) is 263 Å². The third-order valence-corrected chi connectivity index (χ3v) is 16.0. The van der Waals surface area contributed by atoms with Crippen molar-refractivity contribution in [2.24, 2.45) is 0 Å². The van der Waals surface area contributed by atoms with Gasteiger partial charge in [-0.25, -0.2) is 0 Å². The second kappa shape index (κ2) is 57.4. The number of nitrogens with one attached hydrogen (secondary N) is 1. The van der Waals surface area contributed by atoms with Gasteiger partial charge in [0, 0.05) is 6.42 Å². The zero-order chi connectivity index (χ0) is 54.9. The van der Waals surface area contributed by atoms with Crippen molar-refractivity contribution in [3.05, 3.63) is 36.5 Å². The van der Waals surface area contributed by atoms with Gasteiger partial charge >= 0.3 is 0 Å². The number of carbonyl (C=O) groups excluding carboxylic acids is 1. The molecular formula is C66H129N2O6P. The third-order valence-electron chi connectivity index (χ3n) is 15.1. The van der Waals surface area contributed by atoms with E-state index in [0.717, 1.165) is 44.9 Å². The van der Waals surface area contributed by atoms with Crippen molar-refractivity contribution in [3.63, 3.8) is 0 Å². The van der Waals surface area contributed by atoms with Crippen LogP contribution in [-0.4, -0.2) is 68.5 Å². The predicted molar refractivity (Wildman–Crippen MR) is 325 cm³/mol. The van der Waals surface area contributed by atoms with Crippen LogP contribution in [-0.2, 0) is 18.4 Å². The summed E-state index contributed by atoms with van der Waals surface area (Å²) in [5.74, 6) is -0.206. The Labute approximate surface area is 467 Å². The van der Waals surface area contributed by atoms with E-state index in [4.69, 9.17) is 9.05 Å². The number of unbranched alkanes of at least 4 members (excludes halogenated alkanes) is 44. The van der Waals surface area contributed by atoms with Crippen molar-refractivity contribution in [2.75, 3.05) is 40.9 Å². The SMILES string of the molecule is CCCCCCCC/C=C/CC/C=C/CC/C=C/C(O)C(COP(=O)([O-])OCC[N+](C)(C)C)NC(=O)CCCCCCCCCCCCCCCCCCCCCCCCCCCCCCCCCCCCCCC. The minimum Gasteiger partial charge on any atom is -0.756 e. The molecule has 8 nitrogen and oxygen atoms in total. The summed E-state index contributed by atoms with van der Waals surface area (Å²) < 4.78 is 23.3. The summed E-state index contributed by atoms with van der Waals surface area (Å²) in [5.41, 5.74) is 0. The fourth-order valence-electron chi connectivity index (χ4n) is 9.95. The first-order chi connectivity index (χ1) is 36.5. The Morgan fingerprint density at radius 3 is 1.08 bits per heavy atom. The van der Waals surface area contributed by atoms with Gasteiger partial charge in [-0.05, 0) is 44.9 Å². The number of rotatable bonds is 61. The predicted octanol–water partition coefficient (Wildman–Crippen LogP) is 19.9. The molecule has 0 spiro atoms. The van der Waals surface area contributed by atoms with E-state index < -0.39 is 26.6 Å². The second-order valence-corrected chi connectivity index (χ2v) is 25.2. The van der Waals surface area contributed by atoms with Crippen LogP contribution in [0.5, 0.6) is 0 Å². The van der Waals surface area contributed by atoms with E-state index in [-0.39, 0.29) is 12.5 Å².